The fraction of sp³-hybridized carbons (Fsp3) is 0.0625. The van der Waals surface area contributed by atoms with Crippen molar-refractivity contribution in [2.75, 3.05) is 12.8 Å². The van der Waals surface area contributed by atoms with Crippen LogP contribution < -0.4 is 20.1 Å². The molecule has 25 heavy (non-hydrogen) atoms. The lowest BCUT2D eigenvalue weighted by Crippen LogP contribution is -2.09. The van der Waals surface area contributed by atoms with Crippen LogP contribution in [0.1, 0.15) is 0 Å². The molecular weight excluding hydrogens is 350 g/mol. The summed E-state index contributed by atoms with van der Waals surface area (Å²) in [5, 5.41) is 0.357. The van der Waals surface area contributed by atoms with Crippen molar-refractivity contribution < 1.29 is 26.3 Å². The lowest BCUT2D eigenvalue weighted by atomic mass is 10.0. The van der Waals surface area contributed by atoms with Crippen LogP contribution in [0, 0.1) is 0 Å². The summed E-state index contributed by atoms with van der Waals surface area (Å²) in [6, 6.07) is 8.83. The third kappa shape index (κ3) is 3.42. The maximum atomic E-state index is 12.6. The second-order valence-electron chi connectivity index (χ2n) is 5.10. The van der Waals surface area contributed by atoms with Crippen molar-refractivity contribution in [3.63, 3.8) is 0 Å². The highest BCUT2D eigenvalue weighted by molar-refractivity contribution is 7.81. The molecular formula is C16H13NO7S. The Morgan fingerprint density at radius 1 is 1.16 bits per heavy atom. The summed E-state index contributed by atoms with van der Waals surface area (Å²) in [6.45, 7) is 0. The van der Waals surface area contributed by atoms with Gasteiger partial charge in [0, 0.05) is 6.07 Å². The van der Waals surface area contributed by atoms with Crippen molar-refractivity contribution in [2.45, 2.75) is 0 Å². The average Bonchev–Trinajstić information content (AvgIpc) is 2.55. The largest absolute Gasteiger partial charge is 0.497 e. The van der Waals surface area contributed by atoms with E-state index in [1.165, 1.54) is 31.6 Å². The second kappa shape index (κ2) is 6.11. The van der Waals surface area contributed by atoms with Crippen molar-refractivity contribution in [3.8, 4) is 22.6 Å². The summed E-state index contributed by atoms with van der Waals surface area (Å²) in [4.78, 5) is 12.6. The SMILES string of the molecule is COc1ccc2c(=O)c(-c3ccc(OS(=O)(=O)O)c(N)c3)coc2c1. The first-order valence-corrected chi connectivity index (χ1v) is 8.31. The summed E-state index contributed by atoms with van der Waals surface area (Å²) in [5.41, 5.74) is 6.38. The zero-order valence-electron chi connectivity index (χ0n) is 12.9. The number of fused-ring (bicyclic) bond motifs is 1. The number of methoxy groups -OCH3 is 1. The Bertz CT molecular complexity index is 1120. The van der Waals surface area contributed by atoms with Gasteiger partial charge in [0.05, 0.1) is 23.7 Å². The van der Waals surface area contributed by atoms with E-state index in [-0.39, 0.29) is 22.4 Å². The first kappa shape index (κ1) is 16.8. The molecule has 0 bridgehead atoms. The normalized spacial score (nSPS) is 11.4. The Balaban J connectivity index is 2.09. The maximum Gasteiger partial charge on any atom is 0.446 e. The highest BCUT2D eigenvalue weighted by Crippen LogP contribution is 2.29. The van der Waals surface area contributed by atoms with E-state index in [2.05, 4.69) is 4.18 Å². The van der Waals surface area contributed by atoms with Crippen LogP contribution in [0.4, 0.5) is 5.69 Å². The van der Waals surface area contributed by atoms with E-state index >= 15 is 0 Å². The second-order valence-corrected chi connectivity index (χ2v) is 6.13. The standard InChI is InChI=1S/C16H13NO7S/c1-22-10-3-4-11-15(7-10)23-8-12(16(11)18)9-2-5-14(13(17)6-9)24-25(19,20)21/h2-8H,17H2,1H3,(H,19,20,21). The van der Waals surface area contributed by atoms with Gasteiger partial charge in [0.15, 0.2) is 11.2 Å². The number of benzene rings is 2. The molecule has 1 heterocycles. The van der Waals surface area contributed by atoms with E-state index in [1.54, 1.807) is 18.2 Å². The molecule has 2 aromatic carbocycles. The Hall–Kier alpha value is -3.04. The summed E-state index contributed by atoms with van der Waals surface area (Å²) >= 11 is 0. The average molecular weight is 363 g/mol. The summed E-state index contributed by atoms with van der Waals surface area (Å²) in [7, 11) is -3.19. The smallest absolute Gasteiger partial charge is 0.446 e. The number of hydrogen-bond donors (Lipinski definition) is 2. The third-order valence-corrected chi connectivity index (χ3v) is 3.89. The van der Waals surface area contributed by atoms with Gasteiger partial charge < -0.3 is 19.1 Å². The predicted octanol–water partition coefficient (Wildman–Crippen LogP) is 2.23. The zero-order valence-corrected chi connectivity index (χ0v) is 13.7. The van der Waals surface area contributed by atoms with Gasteiger partial charge >= 0.3 is 10.4 Å². The number of hydrogen-bond acceptors (Lipinski definition) is 7. The molecule has 130 valence electrons. The van der Waals surface area contributed by atoms with E-state index in [0.717, 1.165) is 0 Å². The minimum atomic E-state index is -4.69. The fourth-order valence-electron chi connectivity index (χ4n) is 2.34. The molecule has 3 N–H and O–H groups in total. The summed E-state index contributed by atoms with van der Waals surface area (Å²) < 4.78 is 45.1. The molecule has 0 fully saturated rings. The number of ether oxygens (including phenoxy) is 1. The van der Waals surface area contributed by atoms with E-state index in [4.69, 9.17) is 19.4 Å². The zero-order chi connectivity index (χ0) is 18.2. The summed E-state index contributed by atoms with van der Waals surface area (Å²) in [6.07, 6.45) is 1.28. The molecule has 0 aliphatic heterocycles. The number of nitrogen functional groups attached to an aromatic ring is 1. The van der Waals surface area contributed by atoms with Crippen molar-refractivity contribution in [2.24, 2.45) is 0 Å². The highest BCUT2D eigenvalue weighted by atomic mass is 32.3. The fourth-order valence-corrected chi connectivity index (χ4v) is 2.72. The molecule has 0 saturated heterocycles. The molecule has 0 atom stereocenters. The van der Waals surface area contributed by atoms with Gasteiger partial charge in [0.1, 0.15) is 17.6 Å². The van der Waals surface area contributed by atoms with Gasteiger partial charge in [-0.25, -0.2) is 0 Å². The van der Waals surface area contributed by atoms with Crippen LogP contribution in [-0.2, 0) is 10.4 Å². The molecule has 0 aliphatic carbocycles. The molecule has 9 heteroatoms. The molecule has 0 aliphatic rings. The minimum Gasteiger partial charge on any atom is -0.497 e. The third-order valence-electron chi connectivity index (χ3n) is 3.50. The van der Waals surface area contributed by atoms with Gasteiger partial charge in [-0.15, -0.1) is 0 Å². The predicted molar refractivity (Wildman–Crippen MR) is 91.1 cm³/mol. The molecule has 0 spiro atoms. The first-order valence-electron chi connectivity index (χ1n) is 6.95. The Morgan fingerprint density at radius 2 is 1.92 bits per heavy atom. The van der Waals surface area contributed by atoms with E-state index in [1.807, 2.05) is 0 Å². The highest BCUT2D eigenvalue weighted by Gasteiger charge is 2.14. The van der Waals surface area contributed by atoms with Gasteiger partial charge in [0.2, 0.25) is 0 Å². The topological polar surface area (TPSA) is 129 Å². The number of anilines is 1. The van der Waals surface area contributed by atoms with Crippen LogP contribution in [-0.4, -0.2) is 20.1 Å². The lowest BCUT2D eigenvalue weighted by molar-refractivity contribution is 0.387. The number of rotatable bonds is 4. The number of nitrogens with two attached hydrogens (primary N) is 1. The van der Waals surface area contributed by atoms with E-state index in [0.29, 0.717) is 22.3 Å². The molecule has 1 aromatic heterocycles. The summed E-state index contributed by atoms with van der Waals surface area (Å²) in [5.74, 6) is 0.306. The van der Waals surface area contributed by atoms with Gasteiger partial charge in [-0.05, 0) is 29.8 Å². The molecule has 3 aromatic rings. The Kier molecular flexibility index (Phi) is 4.11. The van der Waals surface area contributed by atoms with Gasteiger partial charge in [-0.1, -0.05) is 6.07 Å². The van der Waals surface area contributed by atoms with Crippen LogP contribution in [0.5, 0.6) is 11.5 Å². The quantitative estimate of drug-likeness (QED) is 0.533. The molecule has 8 nitrogen and oxygen atoms in total. The van der Waals surface area contributed by atoms with Crippen molar-refractivity contribution in [1.82, 2.24) is 0 Å². The van der Waals surface area contributed by atoms with Crippen molar-refractivity contribution in [3.05, 3.63) is 52.9 Å². The Labute approximate surface area is 142 Å². The maximum absolute atomic E-state index is 12.6. The molecule has 0 unspecified atom stereocenters. The van der Waals surface area contributed by atoms with E-state index < -0.39 is 10.4 Å². The Morgan fingerprint density at radius 3 is 2.56 bits per heavy atom. The molecule has 0 amide bonds. The van der Waals surface area contributed by atoms with Crippen LogP contribution in [0.25, 0.3) is 22.1 Å². The van der Waals surface area contributed by atoms with Crippen LogP contribution in [0.3, 0.4) is 0 Å². The van der Waals surface area contributed by atoms with Crippen LogP contribution in [0.15, 0.2) is 51.9 Å². The molecule has 0 saturated carbocycles. The molecule has 3 rings (SSSR count). The molecule has 0 radical (unpaired) electrons. The monoisotopic (exact) mass is 363 g/mol. The van der Waals surface area contributed by atoms with Crippen molar-refractivity contribution >= 4 is 27.1 Å². The lowest BCUT2D eigenvalue weighted by Gasteiger charge is -2.08. The first-order chi connectivity index (χ1) is 11.8. The van der Waals surface area contributed by atoms with Gasteiger partial charge in [-0.3, -0.25) is 9.35 Å². The van der Waals surface area contributed by atoms with Gasteiger partial charge in [0.25, 0.3) is 0 Å². The van der Waals surface area contributed by atoms with Crippen molar-refractivity contribution in [1.29, 1.82) is 0 Å². The van der Waals surface area contributed by atoms with Crippen LogP contribution >= 0.6 is 0 Å². The van der Waals surface area contributed by atoms with Gasteiger partial charge in [-0.2, -0.15) is 8.42 Å². The minimum absolute atomic E-state index is 0.0654. The van der Waals surface area contributed by atoms with Crippen LogP contribution in [0.2, 0.25) is 0 Å². The van der Waals surface area contributed by atoms with E-state index in [9.17, 15) is 13.2 Å².